The lowest BCUT2D eigenvalue weighted by Gasteiger charge is -2.34. The third-order valence-corrected chi connectivity index (χ3v) is 4.06. The molecule has 0 aliphatic carbocycles. The van der Waals surface area contributed by atoms with Crippen LogP contribution in [0.15, 0.2) is 30.6 Å². The van der Waals surface area contributed by atoms with Gasteiger partial charge in [-0.1, -0.05) is 26.0 Å². The van der Waals surface area contributed by atoms with Crippen molar-refractivity contribution < 1.29 is 9.53 Å². The molecule has 0 bridgehead atoms. The molecule has 1 amide bonds. The molecule has 0 saturated carbocycles. The van der Waals surface area contributed by atoms with Crippen LogP contribution >= 0.6 is 0 Å². The van der Waals surface area contributed by atoms with E-state index < -0.39 is 0 Å². The molecule has 0 spiro atoms. The van der Waals surface area contributed by atoms with Gasteiger partial charge in [-0.25, -0.2) is 9.97 Å². The van der Waals surface area contributed by atoms with Crippen molar-refractivity contribution in [1.82, 2.24) is 14.9 Å². The van der Waals surface area contributed by atoms with Gasteiger partial charge in [0.05, 0.1) is 10.9 Å². The van der Waals surface area contributed by atoms with Crippen LogP contribution in [-0.4, -0.2) is 40.5 Å². The predicted octanol–water partition coefficient (Wildman–Crippen LogP) is 2.51. The van der Waals surface area contributed by atoms with Crippen molar-refractivity contribution in [1.29, 1.82) is 0 Å². The third kappa shape index (κ3) is 3.18. The lowest BCUT2D eigenvalue weighted by atomic mass is 9.92. The monoisotopic (exact) mass is 299 g/mol. The van der Waals surface area contributed by atoms with Crippen molar-refractivity contribution in [2.24, 2.45) is 11.8 Å². The Labute approximate surface area is 130 Å². The van der Waals surface area contributed by atoms with E-state index in [4.69, 9.17) is 4.74 Å². The smallest absolute Gasteiger partial charge is 0.260 e. The molecule has 0 N–H and O–H groups in total. The Morgan fingerprint density at radius 1 is 1.23 bits per heavy atom. The molecule has 2 heterocycles. The highest BCUT2D eigenvalue weighted by Gasteiger charge is 2.25. The largest absolute Gasteiger partial charge is 0.467 e. The number of ether oxygens (including phenoxy) is 1. The number of aromatic nitrogens is 2. The Morgan fingerprint density at radius 3 is 2.73 bits per heavy atom. The fourth-order valence-electron chi connectivity index (χ4n) is 3.18. The van der Waals surface area contributed by atoms with Crippen LogP contribution in [0.2, 0.25) is 0 Å². The second kappa shape index (κ2) is 6.30. The quantitative estimate of drug-likeness (QED) is 0.874. The van der Waals surface area contributed by atoms with E-state index in [2.05, 4.69) is 23.8 Å². The SMILES string of the molecule is CC1CC(C)CN(C(=O)COc2ncnc3ccccc23)C1. The zero-order valence-electron chi connectivity index (χ0n) is 13.0. The molecule has 1 fully saturated rings. The minimum atomic E-state index is 0.0282. The fraction of sp³-hybridized carbons (Fsp3) is 0.471. The molecular formula is C17H21N3O2. The molecule has 0 radical (unpaired) electrons. The lowest BCUT2D eigenvalue weighted by molar-refractivity contribution is -0.136. The number of piperidine rings is 1. The highest BCUT2D eigenvalue weighted by atomic mass is 16.5. The average Bonchev–Trinajstić information content (AvgIpc) is 2.51. The van der Waals surface area contributed by atoms with Crippen LogP contribution in [0.1, 0.15) is 20.3 Å². The van der Waals surface area contributed by atoms with Gasteiger partial charge in [-0.15, -0.1) is 0 Å². The number of carbonyl (C=O) groups is 1. The van der Waals surface area contributed by atoms with E-state index >= 15 is 0 Å². The number of fused-ring (bicyclic) bond motifs is 1. The highest BCUT2D eigenvalue weighted by Crippen LogP contribution is 2.22. The molecule has 1 aliphatic heterocycles. The number of likely N-dealkylation sites (tertiary alicyclic amines) is 1. The lowest BCUT2D eigenvalue weighted by Crippen LogP contribution is -2.44. The maximum absolute atomic E-state index is 12.4. The van der Waals surface area contributed by atoms with Gasteiger partial charge in [0, 0.05) is 13.1 Å². The molecule has 2 atom stereocenters. The summed E-state index contributed by atoms with van der Waals surface area (Å²) in [5.74, 6) is 1.60. The second-order valence-electron chi connectivity index (χ2n) is 6.23. The van der Waals surface area contributed by atoms with Crippen molar-refractivity contribution in [2.45, 2.75) is 20.3 Å². The first-order valence-corrected chi connectivity index (χ1v) is 7.74. The molecule has 3 rings (SSSR count). The van der Waals surface area contributed by atoms with E-state index in [0.717, 1.165) is 24.0 Å². The van der Waals surface area contributed by atoms with Gasteiger partial charge in [0.25, 0.3) is 5.91 Å². The first-order chi connectivity index (χ1) is 10.6. The van der Waals surface area contributed by atoms with Crippen LogP contribution in [0.4, 0.5) is 0 Å². The van der Waals surface area contributed by atoms with E-state index in [9.17, 15) is 4.79 Å². The fourth-order valence-corrected chi connectivity index (χ4v) is 3.18. The van der Waals surface area contributed by atoms with Gasteiger partial charge < -0.3 is 9.64 Å². The van der Waals surface area contributed by atoms with E-state index in [-0.39, 0.29) is 12.5 Å². The summed E-state index contributed by atoms with van der Waals surface area (Å²) in [5.41, 5.74) is 0.820. The molecule has 2 aromatic rings. The van der Waals surface area contributed by atoms with E-state index in [1.165, 1.54) is 12.7 Å². The minimum absolute atomic E-state index is 0.0282. The molecular weight excluding hydrogens is 278 g/mol. The maximum atomic E-state index is 12.4. The van der Waals surface area contributed by atoms with Crippen molar-refractivity contribution in [2.75, 3.05) is 19.7 Å². The predicted molar refractivity (Wildman–Crippen MR) is 84.6 cm³/mol. The summed E-state index contributed by atoms with van der Waals surface area (Å²) in [7, 11) is 0. The molecule has 1 saturated heterocycles. The Morgan fingerprint density at radius 2 is 1.95 bits per heavy atom. The number of nitrogens with zero attached hydrogens (tertiary/aromatic N) is 3. The number of hydrogen-bond acceptors (Lipinski definition) is 4. The van der Waals surface area contributed by atoms with Gasteiger partial charge in [0.1, 0.15) is 6.33 Å². The first-order valence-electron chi connectivity index (χ1n) is 7.74. The third-order valence-electron chi connectivity index (χ3n) is 4.06. The number of carbonyl (C=O) groups excluding carboxylic acids is 1. The number of para-hydroxylation sites is 1. The van der Waals surface area contributed by atoms with Crippen LogP contribution in [0.3, 0.4) is 0 Å². The zero-order chi connectivity index (χ0) is 15.5. The maximum Gasteiger partial charge on any atom is 0.260 e. The van der Waals surface area contributed by atoms with Gasteiger partial charge in [-0.3, -0.25) is 4.79 Å². The van der Waals surface area contributed by atoms with Gasteiger partial charge >= 0.3 is 0 Å². The Balaban J connectivity index is 1.67. The molecule has 5 nitrogen and oxygen atoms in total. The highest BCUT2D eigenvalue weighted by molar-refractivity contribution is 5.84. The van der Waals surface area contributed by atoms with Gasteiger partial charge in [-0.2, -0.15) is 0 Å². The summed E-state index contributed by atoms with van der Waals surface area (Å²) < 4.78 is 5.66. The van der Waals surface area contributed by atoms with Crippen LogP contribution in [0.25, 0.3) is 10.9 Å². The van der Waals surface area contributed by atoms with Crippen LogP contribution in [0.5, 0.6) is 5.88 Å². The van der Waals surface area contributed by atoms with Crippen molar-refractivity contribution in [3.8, 4) is 5.88 Å². The van der Waals surface area contributed by atoms with Crippen LogP contribution in [0, 0.1) is 11.8 Å². The molecule has 1 aromatic heterocycles. The summed E-state index contributed by atoms with van der Waals surface area (Å²) in [6, 6.07) is 7.63. The van der Waals surface area contributed by atoms with Crippen LogP contribution in [-0.2, 0) is 4.79 Å². The standard InChI is InChI=1S/C17H21N3O2/c1-12-7-13(2)9-20(8-12)16(21)10-22-17-14-5-3-4-6-15(14)18-11-19-17/h3-6,11-13H,7-10H2,1-2H3. The number of hydrogen-bond donors (Lipinski definition) is 0. The van der Waals surface area contributed by atoms with E-state index in [1.807, 2.05) is 29.2 Å². The van der Waals surface area contributed by atoms with E-state index in [0.29, 0.717) is 17.7 Å². The molecule has 1 aliphatic rings. The Bertz CT molecular complexity index is 659. The Kier molecular flexibility index (Phi) is 4.22. The molecule has 2 unspecified atom stereocenters. The summed E-state index contributed by atoms with van der Waals surface area (Å²) in [6.07, 6.45) is 2.65. The van der Waals surface area contributed by atoms with Crippen molar-refractivity contribution in [3.05, 3.63) is 30.6 Å². The first kappa shape index (κ1) is 14.8. The minimum Gasteiger partial charge on any atom is -0.467 e. The van der Waals surface area contributed by atoms with Crippen molar-refractivity contribution >= 4 is 16.8 Å². The summed E-state index contributed by atoms with van der Waals surface area (Å²) in [6.45, 7) is 6.04. The van der Waals surface area contributed by atoms with Crippen LogP contribution < -0.4 is 4.74 Å². The number of amides is 1. The summed E-state index contributed by atoms with van der Waals surface area (Å²) in [5, 5.41) is 0.832. The van der Waals surface area contributed by atoms with Gasteiger partial charge in [-0.05, 0) is 30.4 Å². The number of rotatable bonds is 3. The molecule has 22 heavy (non-hydrogen) atoms. The normalized spacial score (nSPS) is 21.8. The summed E-state index contributed by atoms with van der Waals surface area (Å²) in [4.78, 5) is 22.6. The van der Waals surface area contributed by atoms with Gasteiger partial charge in [0.15, 0.2) is 6.61 Å². The zero-order valence-corrected chi connectivity index (χ0v) is 13.0. The van der Waals surface area contributed by atoms with Gasteiger partial charge in [0.2, 0.25) is 5.88 Å². The summed E-state index contributed by atoms with van der Waals surface area (Å²) >= 11 is 0. The topological polar surface area (TPSA) is 55.3 Å². The molecule has 5 heteroatoms. The molecule has 1 aromatic carbocycles. The molecule has 116 valence electrons. The second-order valence-corrected chi connectivity index (χ2v) is 6.23. The number of benzene rings is 1. The Hall–Kier alpha value is -2.17. The van der Waals surface area contributed by atoms with E-state index in [1.54, 1.807) is 0 Å². The average molecular weight is 299 g/mol. The van der Waals surface area contributed by atoms with Crippen molar-refractivity contribution in [3.63, 3.8) is 0 Å².